The molecule has 1 aromatic heterocycles. The summed E-state index contributed by atoms with van der Waals surface area (Å²) in [5, 5.41) is 0.689. The Morgan fingerprint density at radius 1 is 1.33 bits per heavy atom. The van der Waals surface area contributed by atoms with Gasteiger partial charge in [-0.3, -0.25) is 0 Å². The molecule has 0 aliphatic carbocycles. The minimum Gasteiger partial charge on any atom is -0.493 e. The maximum atomic E-state index is 5.95. The molecule has 0 spiro atoms. The van der Waals surface area contributed by atoms with Crippen molar-refractivity contribution in [3.63, 3.8) is 0 Å². The zero-order chi connectivity index (χ0) is 16.8. The normalized spacial score (nSPS) is 17.0. The fraction of sp³-hybridized carbons (Fsp3) is 0.444. The Labute approximate surface area is 147 Å². The molecule has 1 aromatic carbocycles. The molecule has 1 saturated heterocycles. The lowest BCUT2D eigenvalue weighted by atomic mass is 10.0. The highest BCUT2D eigenvalue weighted by molar-refractivity contribution is 6.30. The molecule has 0 amide bonds. The van der Waals surface area contributed by atoms with Crippen molar-refractivity contribution < 1.29 is 9.47 Å². The summed E-state index contributed by atoms with van der Waals surface area (Å²) in [5.41, 5.74) is 1.07. The fourth-order valence-electron chi connectivity index (χ4n) is 2.72. The molecular weight excluding hydrogens is 326 g/mol. The molecule has 1 fully saturated rings. The van der Waals surface area contributed by atoms with Crippen LogP contribution in [0, 0.1) is 0 Å². The van der Waals surface area contributed by atoms with E-state index in [2.05, 4.69) is 20.9 Å². The first kappa shape index (κ1) is 17.0. The highest BCUT2D eigenvalue weighted by atomic mass is 35.5. The van der Waals surface area contributed by atoms with E-state index in [4.69, 9.17) is 21.1 Å². The summed E-state index contributed by atoms with van der Waals surface area (Å²) in [6.45, 7) is 3.07. The van der Waals surface area contributed by atoms with E-state index in [9.17, 15) is 0 Å². The van der Waals surface area contributed by atoms with Gasteiger partial charge in [0.2, 0.25) is 0 Å². The Morgan fingerprint density at radius 3 is 3.04 bits per heavy atom. The van der Waals surface area contributed by atoms with E-state index in [0.717, 1.165) is 49.9 Å². The van der Waals surface area contributed by atoms with Crippen LogP contribution >= 0.6 is 11.6 Å². The van der Waals surface area contributed by atoms with Crippen molar-refractivity contribution >= 4 is 17.4 Å². The molecule has 1 unspecified atom stereocenters. The second-order valence-electron chi connectivity index (χ2n) is 5.94. The van der Waals surface area contributed by atoms with E-state index >= 15 is 0 Å². The van der Waals surface area contributed by atoms with Crippen LogP contribution in [0.2, 0.25) is 5.02 Å². The molecule has 0 radical (unpaired) electrons. The van der Waals surface area contributed by atoms with Crippen molar-refractivity contribution in [2.75, 3.05) is 38.3 Å². The fourth-order valence-corrected chi connectivity index (χ4v) is 2.90. The van der Waals surface area contributed by atoms with Gasteiger partial charge in [0, 0.05) is 37.2 Å². The molecule has 1 aliphatic rings. The molecule has 3 rings (SSSR count). The Balaban J connectivity index is 1.48. The van der Waals surface area contributed by atoms with Crippen molar-refractivity contribution in [1.82, 2.24) is 9.97 Å². The predicted molar refractivity (Wildman–Crippen MR) is 95.0 cm³/mol. The van der Waals surface area contributed by atoms with Crippen LogP contribution in [0.5, 0.6) is 5.75 Å². The number of aromatic nitrogens is 2. The number of rotatable bonds is 7. The van der Waals surface area contributed by atoms with Crippen LogP contribution in [-0.4, -0.2) is 43.4 Å². The summed E-state index contributed by atoms with van der Waals surface area (Å²) in [6.07, 6.45) is 3.57. The molecule has 2 heterocycles. The van der Waals surface area contributed by atoms with Gasteiger partial charge < -0.3 is 14.4 Å². The summed E-state index contributed by atoms with van der Waals surface area (Å²) in [7, 11) is 2.04. The largest absolute Gasteiger partial charge is 0.493 e. The molecule has 0 saturated carbocycles. The lowest BCUT2D eigenvalue weighted by Gasteiger charge is -2.19. The second kappa shape index (κ2) is 8.31. The molecular formula is C18H22ClN3O2. The predicted octanol–water partition coefficient (Wildman–Crippen LogP) is 3.54. The Bertz CT molecular complexity index is 662. The molecule has 24 heavy (non-hydrogen) atoms. The number of halogens is 1. The van der Waals surface area contributed by atoms with E-state index in [1.54, 1.807) is 6.33 Å². The molecule has 0 N–H and O–H groups in total. The van der Waals surface area contributed by atoms with Crippen molar-refractivity contribution in [2.24, 2.45) is 0 Å². The van der Waals surface area contributed by atoms with Gasteiger partial charge in [-0.05, 0) is 31.0 Å². The van der Waals surface area contributed by atoms with Gasteiger partial charge in [-0.1, -0.05) is 17.7 Å². The van der Waals surface area contributed by atoms with Crippen molar-refractivity contribution in [3.05, 3.63) is 47.4 Å². The maximum absolute atomic E-state index is 5.95. The first-order valence-electron chi connectivity index (χ1n) is 8.21. The minimum absolute atomic E-state index is 0.395. The van der Waals surface area contributed by atoms with Gasteiger partial charge in [0.15, 0.2) is 0 Å². The summed E-state index contributed by atoms with van der Waals surface area (Å²) >= 11 is 5.95. The highest BCUT2D eigenvalue weighted by Gasteiger charge is 2.19. The van der Waals surface area contributed by atoms with E-state index in [0.29, 0.717) is 17.5 Å². The summed E-state index contributed by atoms with van der Waals surface area (Å²) in [5.74, 6) is 2.14. The third-order valence-electron chi connectivity index (χ3n) is 4.12. The van der Waals surface area contributed by atoms with Gasteiger partial charge in [0.05, 0.1) is 18.9 Å². The van der Waals surface area contributed by atoms with Crippen LogP contribution in [0.1, 0.15) is 24.5 Å². The van der Waals surface area contributed by atoms with Crippen LogP contribution in [0.15, 0.2) is 36.7 Å². The molecule has 0 bridgehead atoms. The Kier molecular flexibility index (Phi) is 5.88. The van der Waals surface area contributed by atoms with Crippen molar-refractivity contribution in [3.8, 4) is 5.75 Å². The van der Waals surface area contributed by atoms with Crippen molar-refractivity contribution in [2.45, 2.75) is 18.8 Å². The van der Waals surface area contributed by atoms with E-state index in [1.807, 2.05) is 31.3 Å². The number of benzene rings is 1. The van der Waals surface area contributed by atoms with Crippen molar-refractivity contribution in [1.29, 1.82) is 0 Å². The van der Waals surface area contributed by atoms with E-state index in [1.165, 1.54) is 0 Å². The lowest BCUT2D eigenvalue weighted by molar-refractivity contribution is 0.193. The van der Waals surface area contributed by atoms with E-state index in [-0.39, 0.29) is 0 Å². The van der Waals surface area contributed by atoms with Gasteiger partial charge in [0.1, 0.15) is 17.9 Å². The Morgan fingerprint density at radius 2 is 2.25 bits per heavy atom. The van der Waals surface area contributed by atoms with Gasteiger partial charge in [0.25, 0.3) is 0 Å². The van der Waals surface area contributed by atoms with E-state index < -0.39 is 0 Å². The molecule has 2 aromatic rings. The third-order valence-corrected chi connectivity index (χ3v) is 4.35. The highest BCUT2D eigenvalue weighted by Crippen LogP contribution is 2.25. The lowest BCUT2D eigenvalue weighted by Crippen LogP contribution is -2.22. The zero-order valence-corrected chi connectivity index (χ0v) is 14.6. The maximum Gasteiger partial charge on any atom is 0.131 e. The number of nitrogens with zero attached hydrogens (tertiary/aromatic N) is 3. The van der Waals surface area contributed by atoms with Crippen LogP contribution in [0.3, 0.4) is 0 Å². The first-order chi connectivity index (χ1) is 11.7. The first-order valence-corrected chi connectivity index (χ1v) is 8.59. The van der Waals surface area contributed by atoms with Gasteiger partial charge in [-0.2, -0.15) is 0 Å². The molecule has 6 heteroatoms. The second-order valence-corrected chi connectivity index (χ2v) is 6.38. The summed E-state index contributed by atoms with van der Waals surface area (Å²) in [6, 6.07) is 9.53. The smallest absolute Gasteiger partial charge is 0.131 e. The van der Waals surface area contributed by atoms with Gasteiger partial charge in [-0.15, -0.1) is 0 Å². The number of hydrogen-bond acceptors (Lipinski definition) is 5. The minimum atomic E-state index is 0.395. The summed E-state index contributed by atoms with van der Waals surface area (Å²) in [4.78, 5) is 10.9. The Hall–Kier alpha value is -1.85. The van der Waals surface area contributed by atoms with Crippen LogP contribution in [0.4, 0.5) is 5.82 Å². The van der Waals surface area contributed by atoms with Gasteiger partial charge >= 0.3 is 0 Å². The topological polar surface area (TPSA) is 47.5 Å². The number of ether oxygens (including phenoxy) is 2. The molecule has 1 aliphatic heterocycles. The standard InChI is InChI=1S/C18H22ClN3O2/c1-22(7-3-8-24-16-5-2-4-15(19)10-16)18-11-17(20-13-21-18)14-6-9-23-12-14/h2,4-5,10-11,13-14H,3,6-9,12H2,1H3. The van der Waals surface area contributed by atoms with Crippen LogP contribution in [0.25, 0.3) is 0 Å². The van der Waals surface area contributed by atoms with Crippen LogP contribution in [-0.2, 0) is 4.74 Å². The molecule has 5 nitrogen and oxygen atoms in total. The zero-order valence-electron chi connectivity index (χ0n) is 13.8. The molecule has 1 atom stereocenters. The SMILES string of the molecule is CN(CCCOc1cccc(Cl)c1)c1cc(C2CCOC2)ncn1. The van der Waals surface area contributed by atoms with Crippen LogP contribution < -0.4 is 9.64 Å². The van der Waals surface area contributed by atoms with Gasteiger partial charge in [-0.25, -0.2) is 9.97 Å². The average Bonchev–Trinajstić information content (AvgIpc) is 3.13. The average molecular weight is 348 g/mol. The number of hydrogen-bond donors (Lipinski definition) is 0. The number of anilines is 1. The third kappa shape index (κ3) is 4.58. The monoisotopic (exact) mass is 347 g/mol. The quantitative estimate of drug-likeness (QED) is 0.717. The molecule has 128 valence electrons. The summed E-state index contributed by atoms with van der Waals surface area (Å²) < 4.78 is 11.2.